The lowest BCUT2D eigenvalue weighted by Gasteiger charge is -2.11. The highest BCUT2D eigenvalue weighted by atomic mass is 16.5. The molecule has 0 aliphatic heterocycles. The van der Waals surface area contributed by atoms with Crippen LogP contribution >= 0.6 is 0 Å². The Bertz CT molecular complexity index is 746. The predicted molar refractivity (Wildman–Crippen MR) is 90.1 cm³/mol. The van der Waals surface area contributed by atoms with Gasteiger partial charge in [0.1, 0.15) is 12.4 Å². The van der Waals surface area contributed by atoms with E-state index in [2.05, 4.69) is 5.32 Å². The van der Waals surface area contributed by atoms with Crippen molar-refractivity contribution < 1.29 is 23.9 Å². The first-order valence-electron chi connectivity index (χ1n) is 7.54. The van der Waals surface area contributed by atoms with E-state index in [4.69, 9.17) is 9.47 Å². The van der Waals surface area contributed by atoms with Crippen LogP contribution in [-0.4, -0.2) is 31.6 Å². The third-order valence-corrected chi connectivity index (χ3v) is 3.19. The molecule has 0 saturated carbocycles. The van der Waals surface area contributed by atoms with Gasteiger partial charge in [-0.15, -0.1) is 0 Å². The summed E-state index contributed by atoms with van der Waals surface area (Å²) in [6.07, 6.45) is 0. The molecule has 0 aromatic heterocycles. The molecular formula is C18H18N2O5. The first-order valence-corrected chi connectivity index (χ1v) is 7.54. The van der Waals surface area contributed by atoms with Crippen LogP contribution in [0.4, 0.5) is 4.79 Å². The van der Waals surface area contributed by atoms with Gasteiger partial charge in [0.25, 0.3) is 5.91 Å². The number of rotatable bonds is 6. The van der Waals surface area contributed by atoms with Crippen molar-refractivity contribution in [2.45, 2.75) is 6.61 Å². The number of benzene rings is 2. The molecule has 0 atom stereocenters. The van der Waals surface area contributed by atoms with E-state index in [0.717, 1.165) is 0 Å². The van der Waals surface area contributed by atoms with Crippen LogP contribution in [0.25, 0.3) is 0 Å². The third-order valence-electron chi connectivity index (χ3n) is 3.19. The number of esters is 1. The summed E-state index contributed by atoms with van der Waals surface area (Å²) in [5.41, 5.74) is 0.925. The van der Waals surface area contributed by atoms with Crippen LogP contribution in [0.3, 0.4) is 0 Å². The molecule has 7 heteroatoms. The Labute approximate surface area is 144 Å². The monoisotopic (exact) mass is 342 g/mol. The second-order valence-electron chi connectivity index (χ2n) is 4.96. The molecule has 0 unspecified atom stereocenters. The van der Waals surface area contributed by atoms with Gasteiger partial charge in [0.15, 0.2) is 6.61 Å². The van der Waals surface area contributed by atoms with Crippen LogP contribution in [0.15, 0.2) is 54.6 Å². The van der Waals surface area contributed by atoms with Crippen LogP contribution in [0.1, 0.15) is 15.9 Å². The second kappa shape index (κ2) is 9.07. The van der Waals surface area contributed by atoms with Gasteiger partial charge in [-0.25, -0.2) is 9.59 Å². The maximum absolute atomic E-state index is 12.2. The number of nitrogens with one attached hydrogen (secondary N) is 2. The van der Waals surface area contributed by atoms with Crippen molar-refractivity contribution in [1.82, 2.24) is 10.6 Å². The molecule has 2 aromatic carbocycles. The number of hydrogen-bond acceptors (Lipinski definition) is 5. The summed E-state index contributed by atoms with van der Waals surface area (Å²) >= 11 is 0. The van der Waals surface area contributed by atoms with Gasteiger partial charge in [0.2, 0.25) is 0 Å². The lowest BCUT2D eigenvalue weighted by atomic mass is 10.1. The standard InChI is InChI=1S/C18H18N2O5/c1-19-18(23)20-16(21)12-25-17(22)15-10-6-5-7-13(15)11-24-14-8-3-2-4-9-14/h2-10H,11-12H2,1H3,(H2,19,20,21,23). The van der Waals surface area contributed by atoms with E-state index >= 15 is 0 Å². The molecule has 0 radical (unpaired) electrons. The Morgan fingerprint density at radius 1 is 0.960 bits per heavy atom. The summed E-state index contributed by atoms with van der Waals surface area (Å²) in [6, 6.07) is 15.3. The molecule has 0 fully saturated rings. The van der Waals surface area contributed by atoms with E-state index in [9.17, 15) is 14.4 Å². The molecule has 0 bridgehead atoms. The summed E-state index contributed by atoms with van der Waals surface area (Å²) in [6.45, 7) is -0.375. The zero-order valence-corrected chi connectivity index (χ0v) is 13.7. The van der Waals surface area contributed by atoms with Crippen molar-refractivity contribution in [3.63, 3.8) is 0 Å². The van der Waals surface area contributed by atoms with Gasteiger partial charge in [-0.2, -0.15) is 0 Å². The van der Waals surface area contributed by atoms with Crippen molar-refractivity contribution >= 4 is 17.9 Å². The molecule has 0 heterocycles. The number of imide groups is 1. The Hall–Kier alpha value is -3.35. The highest BCUT2D eigenvalue weighted by Gasteiger charge is 2.15. The van der Waals surface area contributed by atoms with Crippen molar-refractivity contribution in [2.24, 2.45) is 0 Å². The number of carbonyl (C=O) groups excluding carboxylic acids is 3. The minimum atomic E-state index is -0.717. The Balaban J connectivity index is 1.95. The smallest absolute Gasteiger partial charge is 0.339 e. The van der Waals surface area contributed by atoms with Gasteiger partial charge in [0, 0.05) is 12.6 Å². The molecule has 2 rings (SSSR count). The molecule has 7 nitrogen and oxygen atoms in total. The largest absolute Gasteiger partial charge is 0.489 e. The third kappa shape index (κ3) is 5.65. The summed E-state index contributed by atoms with van der Waals surface area (Å²) < 4.78 is 10.6. The number of para-hydroxylation sites is 1. The van der Waals surface area contributed by atoms with E-state index in [1.54, 1.807) is 24.3 Å². The van der Waals surface area contributed by atoms with Crippen molar-refractivity contribution in [3.05, 3.63) is 65.7 Å². The van der Waals surface area contributed by atoms with Gasteiger partial charge in [-0.05, 0) is 18.2 Å². The maximum atomic E-state index is 12.2. The molecule has 0 aliphatic carbocycles. The van der Waals surface area contributed by atoms with Crippen LogP contribution in [0, 0.1) is 0 Å². The zero-order valence-electron chi connectivity index (χ0n) is 13.7. The van der Waals surface area contributed by atoms with Crippen molar-refractivity contribution in [2.75, 3.05) is 13.7 Å². The molecule has 25 heavy (non-hydrogen) atoms. The fraction of sp³-hybridized carbons (Fsp3) is 0.167. The van der Waals surface area contributed by atoms with Gasteiger partial charge in [0.05, 0.1) is 5.56 Å². The molecule has 2 aromatic rings. The fourth-order valence-corrected chi connectivity index (χ4v) is 1.96. The molecule has 130 valence electrons. The normalized spacial score (nSPS) is 9.80. The first kappa shape index (κ1) is 18.0. The minimum absolute atomic E-state index is 0.180. The van der Waals surface area contributed by atoms with Gasteiger partial charge < -0.3 is 14.8 Å². The highest BCUT2D eigenvalue weighted by molar-refractivity contribution is 5.97. The van der Waals surface area contributed by atoms with Crippen LogP contribution in [0.2, 0.25) is 0 Å². The highest BCUT2D eigenvalue weighted by Crippen LogP contribution is 2.15. The van der Waals surface area contributed by atoms with E-state index in [-0.39, 0.29) is 6.61 Å². The lowest BCUT2D eigenvalue weighted by molar-refractivity contribution is -0.123. The van der Waals surface area contributed by atoms with Gasteiger partial charge in [-0.1, -0.05) is 36.4 Å². The molecule has 0 aliphatic rings. The molecule has 2 N–H and O–H groups in total. The average Bonchev–Trinajstić information content (AvgIpc) is 2.65. The maximum Gasteiger partial charge on any atom is 0.339 e. The lowest BCUT2D eigenvalue weighted by Crippen LogP contribution is -2.39. The summed E-state index contributed by atoms with van der Waals surface area (Å²) in [5, 5.41) is 4.24. The van der Waals surface area contributed by atoms with E-state index < -0.39 is 24.5 Å². The van der Waals surface area contributed by atoms with Crippen LogP contribution < -0.4 is 15.4 Å². The van der Waals surface area contributed by atoms with Gasteiger partial charge in [-0.3, -0.25) is 10.1 Å². The summed E-state index contributed by atoms with van der Waals surface area (Å²) in [5.74, 6) is -0.708. The average molecular weight is 342 g/mol. The van der Waals surface area contributed by atoms with E-state index in [0.29, 0.717) is 16.9 Å². The minimum Gasteiger partial charge on any atom is -0.489 e. The van der Waals surface area contributed by atoms with E-state index in [1.165, 1.54) is 7.05 Å². The topological polar surface area (TPSA) is 93.7 Å². The summed E-state index contributed by atoms with van der Waals surface area (Å²) in [7, 11) is 1.37. The summed E-state index contributed by atoms with van der Waals surface area (Å²) in [4.78, 5) is 34.7. The molecule has 0 spiro atoms. The number of hydrogen-bond donors (Lipinski definition) is 2. The Morgan fingerprint density at radius 2 is 1.64 bits per heavy atom. The predicted octanol–water partition coefficient (Wildman–Crippen LogP) is 1.88. The Morgan fingerprint density at radius 3 is 2.36 bits per heavy atom. The van der Waals surface area contributed by atoms with Crippen LogP contribution in [0.5, 0.6) is 5.75 Å². The zero-order chi connectivity index (χ0) is 18.1. The number of carbonyl (C=O) groups is 3. The number of amides is 3. The Kier molecular flexibility index (Phi) is 6.53. The quantitative estimate of drug-likeness (QED) is 0.782. The SMILES string of the molecule is CNC(=O)NC(=O)COC(=O)c1ccccc1COc1ccccc1. The second-order valence-corrected chi connectivity index (χ2v) is 4.96. The molecule has 3 amide bonds. The number of urea groups is 1. The van der Waals surface area contributed by atoms with Crippen molar-refractivity contribution in [3.8, 4) is 5.75 Å². The molecule has 0 saturated heterocycles. The first-order chi connectivity index (χ1) is 12.1. The fourth-order valence-electron chi connectivity index (χ4n) is 1.96. The number of ether oxygens (including phenoxy) is 2. The van der Waals surface area contributed by atoms with Crippen molar-refractivity contribution in [1.29, 1.82) is 0 Å². The van der Waals surface area contributed by atoms with Gasteiger partial charge >= 0.3 is 12.0 Å². The van der Waals surface area contributed by atoms with E-state index in [1.807, 2.05) is 35.6 Å². The molecular weight excluding hydrogens is 324 g/mol. The van der Waals surface area contributed by atoms with Crippen LogP contribution in [-0.2, 0) is 16.1 Å².